The van der Waals surface area contributed by atoms with Gasteiger partial charge in [-0.05, 0) is 36.8 Å². The van der Waals surface area contributed by atoms with E-state index in [2.05, 4.69) is 9.88 Å². The maximum absolute atomic E-state index is 12.8. The van der Waals surface area contributed by atoms with Gasteiger partial charge < -0.3 is 10.6 Å². The van der Waals surface area contributed by atoms with Crippen LogP contribution in [0.1, 0.15) is 24.2 Å². The van der Waals surface area contributed by atoms with Gasteiger partial charge in [-0.1, -0.05) is 12.1 Å². The highest BCUT2D eigenvalue weighted by Crippen LogP contribution is 2.16. The molecule has 0 amide bonds. The number of halogens is 1. The Labute approximate surface area is 112 Å². The minimum Gasteiger partial charge on any atom is -0.369 e. The van der Waals surface area contributed by atoms with Crippen LogP contribution in [0, 0.1) is 5.82 Å². The van der Waals surface area contributed by atoms with Crippen molar-refractivity contribution >= 4 is 5.69 Å². The lowest BCUT2D eigenvalue weighted by molar-refractivity contribution is 0.627. The lowest BCUT2D eigenvalue weighted by Gasteiger charge is -2.19. The van der Waals surface area contributed by atoms with Crippen LogP contribution in [-0.2, 0) is 6.54 Å². The smallest absolute Gasteiger partial charge is 0.123 e. The normalized spacial score (nSPS) is 12.2. The van der Waals surface area contributed by atoms with Crippen LogP contribution < -0.4 is 10.6 Å². The zero-order valence-corrected chi connectivity index (χ0v) is 11.2. The highest BCUT2D eigenvalue weighted by molar-refractivity contribution is 5.44. The second-order valence-corrected chi connectivity index (χ2v) is 4.71. The number of nitrogens with zero attached hydrogens (tertiary/aromatic N) is 2. The van der Waals surface area contributed by atoms with Gasteiger partial charge in [0.2, 0.25) is 0 Å². The van der Waals surface area contributed by atoms with Gasteiger partial charge in [-0.3, -0.25) is 4.98 Å². The molecule has 0 aliphatic carbocycles. The maximum atomic E-state index is 12.8. The molecule has 3 nitrogen and oxygen atoms in total. The second kappa shape index (κ2) is 5.80. The van der Waals surface area contributed by atoms with E-state index in [1.54, 1.807) is 12.1 Å². The first kappa shape index (κ1) is 13.5. The Balaban J connectivity index is 2.07. The van der Waals surface area contributed by atoms with Crippen LogP contribution in [0.2, 0.25) is 0 Å². The third-order valence-electron chi connectivity index (χ3n) is 3.01. The SMILES string of the molecule is CC(N)c1ccc(N(C)Cc2ccc(F)cc2)cn1. The molecular formula is C15H18FN3. The standard InChI is InChI=1S/C15H18FN3/c1-11(17)15-8-7-14(9-18-15)19(2)10-12-3-5-13(16)6-4-12/h3-9,11H,10,17H2,1-2H3. The van der Waals surface area contributed by atoms with E-state index in [0.29, 0.717) is 6.54 Å². The molecular weight excluding hydrogens is 241 g/mol. The Morgan fingerprint density at radius 1 is 1.21 bits per heavy atom. The van der Waals surface area contributed by atoms with Crippen molar-refractivity contribution in [3.05, 3.63) is 59.7 Å². The van der Waals surface area contributed by atoms with Crippen molar-refractivity contribution in [2.75, 3.05) is 11.9 Å². The summed E-state index contributed by atoms with van der Waals surface area (Å²) in [6.07, 6.45) is 1.81. The second-order valence-electron chi connectivity index (χ2n) is 4.71. The lowest BCUT2D eigenvalue weighted by atomic mass is 10.2. The Kier molecular flexibility index (Phi) is 4.12. The van der Waals surface area contributed by atoms with Gasteiger partial charge in [0.25, 0.3) is 0 Å². The molecule has 2 aromatic rings. The first-order chi connectivity index (χ1) is 9.06. The number of aromatic nitrogens is 1. The van der Waals surface area contributed by atoms with Gasteiger partial charge in [-0.25, -0.2) is 4.39 Å². The Morgan fingerprint density at radius 2 is 1.89 bits per heavy atom. The molecule has 0 aliphatic heterocycles. The average Bonchev–Trinajstić information content (AvgIpc) is 2.41. The molecule has 4 heteroatoms. The molecule has 0 bridgehead atoms. The van der Waals surface area contributed by atoms with Gasteiger partial charge in [0.15, 0.2) is 0 Å². The van der Waals surface area contributed by atoms with Crippen molar-refractivity contribution in [3.8, 4) is 0 Å². The molecule has 1 unspecified atom stereocenters. The molecule has 2 N–H and O–H groups in total. The van der Waals surface area contributed by atoms with Crippen LogP contribution in [0.4, 0.5) is 10.1 Å². The molecule has 2 rings (SSSR count). The molecule has 0 fully saturated rings. The number of rotatable bonds is 4. The molecule has 19 heavy (non-hydrogen) atoms. The van der Waals surface area contributed by atoms with E-state index in [1.807, 2.05) is 32.3 Å². The van der Waals surface area contributed by atoms with Crippen molar-refractivity contribution in [1.82, 2.24) is 4.98 Å². The zero-order chi connectivity index (χ0) is 13.8. The van der Waals surface area contributed by atoms with E-state index < -0.39 is 0 Å². The van der Waals surface area contributed by atoms with Crippen molar-refractivity contribution in [3.63, 3.8) is 0 Å². The first-order valence-corrected chi connectivity index (χ1v) is 6.23. The van der Waals surface area contributed by atoms with Gasteiger partial charge in [-0.15, -0.1) is 0 Å². The van der Waals surface area contributed by atoms with Crippen molar-refractivity contribution in [1.29, 1.82) is 0 Å². The fourth-order valence-corrected chi connectivity index (χ4v) is 1.85. The minimum atomic E-state index is -0.214. The minimum absolute atomic E-state index is 0.0588. The molecule has 1 heterocycles. The van der Waals surface area contributed by atoms with E-state index in [0.717, 1.165) is 16.9 Å². The highest BCUT2D eigenvalue weighted by atomic mass is 19.1. The van der Waals surface area contributed by atoms with Gasteiger partial charge in [0.1, 0.15) is 5.82 Å². The van der Waals surface area contributed by atoms with Crippen LogP contribution in [0.25, 0.3) is 0 Å². The summed E-state index contributed by atoms with van der Waals surface area (Å²) in [5.41, 5.74) is 8.70. The van der Waals surface area contributed by atoms with Gasteiger partial charge in [0.05, 0.1) is 17.6 Å². The fraction of sp³-hybridized carbons (Fsp3) is 0.267. The summed E-state index contributed by atoms with van der Waals surface area (Å²) in [6.45, 7) is 2.61. The molecule has 0 radical (unpaired) electrons. The largest absolute Gasteiger partial charge is 0.369 e. The van der Waals surface area contributed by atoms with Gasteiger partial charge in [0, 0.05) is 19.6 Å². The average molecular weight is 259 g/mol. The summed E-state index contributed by atoms with van der Waals surface area (Å²) in [5, 5.41) is 0. The molecule has 1 atom stereocenters. The summed E-state index contributed by atoms with van der Waals surface area (Å²) in [4.78, 5) is 6.39. The summed E-state index contributed by atoms with van der Waals surface area (Å²) in [7, 11) is 1.98. The van der Waals surface area contributed by atoms with Crippen LogP contribution in [-0.4, -0.2) is 12.0 Å². The number of hydrogen-bond donors (Lipinski definition) is 1. The Hall–Kier alpha value is -1.94. The quantitative estimate of drug-likeness (QED) is 0.918. The van der Waals surface area contributed by atoms with E-state index in [-0.39, 0.29) is 11.9 Å². The molecule has 0 saturated carbocycles. The number of pyridine rings is 1. The van der Waals surface area contributed by atoms with Gasteiger partial charge >= 0.3 is 0 Å². The molecule has 0 aliphatic rings. The lowest BCUT2D eigenvalue weighted by Crippen LogP contribution is -2.17. The zero-order valence-electron chi connectivity index (χ0n) is 11.2. The fourth-order valence-electron chi connectivity index (χ4n) is 1.85. The predicted molar refractivity (Wildman–Crippen MR) is 75.3 cm³/mol. The molecule has 0 saturated heterocycles. The van der Waals surface area contributed by atoms with Crippen LogP contribution >= 0.6 is 0 Å². The summed E-state index contributed by atoms with van der Waals surface area (Å²) < 4.78 is 12.8. The maximum Gasteiger partial charge on any atom is 0.123 e. The summed E-state index contributed by atoms with van der Waals surface area (Å²) in [6, 6.07) is 10.4. The number of hydrogen-bond acceptors (Lipinski definition) is 3. The first-order valence-electron chi connectivity index (χ1n) is 6.23. The van der Waals surface area contributed by atoms with E-state index in [1.165, 1.54) is 12.1 Å². The van der Waals surface area contributed by atoms with Gasteiger partial charge in [-0.2, -0.15) is 0 Å². The van der Waals surface area contributed by atoms with E-state index >= 15 is 0 Å². The van der Waals surface area contributed by atoms with E-state index in [9.17, 15) is 4.39 Å². The third-order valence-corrected chi connectivity index (χ3v) is 3.01. The van der Waals surface area contributed by atoms with Crippen molar-refractivity contribution in [2.45, 2.75) is 19.5 Å². The third kappa shape index (κ3) is 3.51. The molecule has 1 aromatic heterocycles. The van der Waals surface area contributed by atoms with Crippen molar-refractivity contribution in [2.24, 2.45) is 5.73 Å². The molecule has 1 aromatic carbocycles. The highest BCUT2D eigenvalue weighted by Gasteiger charge is 2.05. The Morgan fingerprint density at radius 3 is 2.42 bits per heavy atom. The van der Waals surface area contributed by atoms with Crippen LogP contribution in [0.5, 0.6) is 0 Å². The molecule has 100 valence electrons. The Bertz CT molecular complexity index is 520. The van der Waals surface area contributed by atoms with Crippen LogP contribution in [0.3, 0.4) is 0 Å². The topological polar surface area (TPSA) is 42.1 Å². The number of nitrogens with two attached hydrogens (primary N) is 1. The van der Waals surface area contributed by atoms with Crippen LogP contribution in [0.15, 0.2) is 42.6 Å². The summed E-state index contributed by atoms with van der Waals surface area (Å²) >= 11 is 0. The predicted octanol–water partition coefficient (Wildman–Crippen LogP) is 2.88. The monoisotopic (exact) mass is 259 g/mol. The van der Waals surface area contributed by atoms with E-state index in [4.69, 9.17) is 5.73 Å². The number of anilines is 1. The van der Waals surface area contributed by atoms with Crippen molar-refractivity contribution < 1.29 is 4.39 Å². The number of benzene rings is 1. The summed E-state index contributed by atoms with van der Waals surface area (Å²) in [5.74, 6) is -0.214. The molecule has 0 spiro atoms.